The highest BCUT2D eigenvalue weighted by Gasteiger charge is 1.84. The van der Waals surface area contributed by atoms with Gasteiger partial charge in [0, 0.05) is 0 Å². The van der Waals surface area contributed by atoms with Gasteiger partial charge in [0.2, 0.25) is 0 Å². The monoisotopic (exact) mass is 206 g/mol. The van der Waals surface area contributed by atoms with E-state index in [-0.39, 0.29) is 0 Å². The smallest absolute Gasteiger partial charge is 0.394 e. The van der Waals surface area contributed by atoms with E-state index in [2.05, 4.69) is 6.58 Å². The van der Waals surface area contributed by atoms with Crippen LogP contribution in [0.3, 0.4) is 0 Å². The van der Waals surface area contributed by atoms with Crippen LogP contribution in [0.1, 0.15) is 0 Å². The van der Waals surface area contributed by atoms with Crippen molar-refractivity contribution in [1.82, 2.24) is 0 Å². The van der Waals surface area contributed by atoms with Crippen molar-refractivity contribution in [2.24, 2.45) is 0 Å². The molecule has 0 aromatic heterocycles. The van der Waals surface area contributed by atoms with E-state index < -0.39 is 26.2 Å². The molecule has 0 amide bonds. The van der Waals surface area contributed by atoms with E-state index in [1.807, 2.05) is 0 Å². The second-order valence-corrected chi connectivity index (χ2v) is 3.05. The third-order valence-corrected chi connectivity index (χ3v) is 0.632. The highest BCUT2D eigenvalue weighted by Crippen LogP contribution is 1.75. The summed E-state index contributed by atoms with van der Waals surface area (Å²) in [5, 5.41) is 7.05. The predicted molar refractivity (Wildman–Crippen MR) is 36.3 cm³/mol. The molecule has 0 radical (unpaired) electrons. The van der Waals surface area contributed by atoms with Gasteiger partial charge >= 0.3 is 10.4 Å². The Morgan fingerprint density at radius 3 is 1.36 bits per heavy atom. The standard InChI is InChI=1S/C2H4O3S.H2O4S/c1-2(3)6(4)5;1-5(2,3)4/h3,6H,1H2;(H2,1,2,3,4). The zero-order chi connectivity index (χ0) is 9.65. The van der Waals surface area contributed by atoms with Gasteiger partial charge in [0.15, 0.2) is 15.8 Å². The quantitative estimate of drug-likeness (QED) is 0.245. The van der Waals surface area contributed by atoms with Gasteiger partial charge in [-0.1, -0.05) is 0 Å². The lowest BCUT2D eigenvalue weighted by molar-refractivity contribution is 0.381. The summed E-state index contributed by atoms with van der Waals surface area (Å²) in [4.78, 5) is 0. The van der Waals surface area contributed by atoms with Crippen molar-refractivity contribution >= 4 is 21.1 Å². The van der Waals surface area contributed by atoms with E-state index >= 15 is 0 Å². The molecule has 0 atom stereocenters. The molecule has 0 saturated heterocycles. The lowest BCUT2D eigenvalue weighted by Crippen LogP contribution is -1.89. The van der Waals surface area contributed by atoms with Crippen molar-refractivity contribution in [3.8, 4) is 0 Å². The number of aliphatic hydroxyl groups is 1. The molecule has 0 aliphatic heterocycles. The molecule has 0 bridgehead atoms. The largest absolute Gasteiger partial charge is 0.499 e. The van der Waals surface area contributed by atoms with Gasteiger partial charge < -0.3 is 5.11 Å². The molecule has 0 heterocycles. The van der Waals surface area contributed by atoms with E-state index in [9.17, 15) is 8.42 Å². The Kier molecular flexibility index (Phi) is 5.98. The Morgan fingerprint density at radius 2 is 1.36 bits per heavy atom. The van der Waals surface area contributed by atoms with Gasteiger partial charge in [-0.05, 0) is 6.58 Å². The summed E-state index contributed by atoms with van der Waals surface area (Å²) in [7, 11) is -7.47. The molecule has 3 N–H and O–H groups in total. The summed E-state index contributed by atoms with van der Waals surface area (Å²) in [6.45, 7) is 2.71. The van der Waals surface area contributed by atoms with Crippen molar-refractivity contribution in [3.05, 3.63) is 11.7 Å². The fraction of sp³-hybridized carbons (Fsp3) is 0. The maximum atomic E-state index is 9.39. The summed E-state index contributed by atoms with van der Waals surface area (Å²) in [5.74, 6) is 0. The molecule has 0 spiro atoms. The highest BCUT2D eigenvalue weighted by molar-refractivity contribution is 7.79. The first kappa shape index (κ1) is 13.0. The van der Waals surface area contributed by atoms with E-state index in [1.165, 1.54) is 0 Å². The van der Waals surface area contributed by atoms with Gasteiger partial charge in [-0.3, -0.25) is 9.11 Å². The van der Waals surface area contributed by atoms with Gasteiger partial charge in [0.05, 0.1) is 0 Å². The molecule has 9 heteroatoms. The maximum absolute atomic E-state index is 9.39. The third kappa shape index (κ3) is 44.9. The van der Waals surface area contributed by atoms with Crippen molar-refractivity contribution in [2.45, 2.75) is 0 Å². The first-order valence-corrected chi connectivity index (χ1v) is 4.44. The van der Waals surface area contributed by atoms with Crippen LogP contribution < -0.4 is 0 Å². The van der Waals surface area contributed by atoms with Crippen LogP contribution in [-0.4, -0.2) is 31.0 Å². The molecule has 0 rings (SSSR count). The molecular weight excluding hydrogens is 200 g/mol. The minimum atomic E-state index is -4.67. The molecule has 0 aliphatic rings. The molecule has 0 aromatic rings. The maximum Gasteiger partial charge on any atom is 0.394 e. The van der Waals surface area contributed by atoms with Gasteiger partial charge in [0.1, 0.15) is 0 Å². The van der Waals surface area contributed by atoms with Crippen molar-refractivity contribution in [2.75, 3.05) is 0 Å². The van der Waals surface area contributed by atoms with Crippen LogP contribution in [0.2, 0.25) is 0 Å². The Morgan fingerprint density at radius 1 is 1.27 bits per heavy atom. The molecule has 0 aromatic carbocycles. The first-order chi connectivity index (χ1) is 4.64. The van der Waals surface area contributed by atoms with E-state index in [1.54, 1.807) is 0 Å². The molecule has 0 unspecified atom stereocenters. The van der Waals surface area contributed by atoms with Crippen LogP contribution in [0.4, 0.5) is 0 Å². The lowest BCUT2D eigenvalue weighted by atomic mass is 11.2. The molecule has 0 fully saturated rings. The van der Waals surface area contributed by atoms with E-state index in [0.717, 1.165) is 0 Å². The fourth-order valence-corrected chi connectivity index (χ4v) is 0. The van der Waals surface area contributed by atoms with Crippen LogP contribution in [0.15, 0.2) is 11.7 Å². The molecular formula is C2H6O7S2. The van der Waals surface area contributed by atoms with E-state index in [4.69, 9.17) is 22.6 Å². The van der Waals surface area contributed by atoms with Crippen LogP contribution >= 0.6 is 0 Å². The minimum Gasteiger partial charge on any atom is -0.499 e. The molecule has 0 aliphatic carbocycles. The Hall–Kier alpha value is -0.640. The second kappa shape index (κ2) is 5.07. The molecule has 11 heavy (non-hydrogen) atoms. The summed E-state index contributed by atoms with van der Waals surface area (Å²) in [6.07, 6.45) is 0. The summed E-state index contributed by atoms with van der Waals surface area (Å²) < 4.78 is 50.4. The fourth-order valence-electron chi connectivity index (χ4n) is 0. The number of rotatable bonds is 1. The van der Waals surface area contributed by atoms with E-state index in [0.29, 0.717) is 0 Å². The van der Waals surface area contributed by atoms with Gasteiger partial charge in [-0.25, -0.2) is 8.42 Å². The van der Waals surface area contributed by atoms with Crippen LogP contribution in [0.5, 0.6) is 0 Å². The van der Waals surface area contributed by atoms with Gasteiger partial charge in [-0.2, -0.15) is 8.42 Å². The third-order valence-electron chi connectivity index (χ3n) is 0.211. The Labute approximate surface area is 64.5 Å². The normalized spacial score (nSPS) is 10.1. The zero-order valence-electron chi connectivity index (χ0n) is 5.04. The SMILES string of the molecule is C=C(O)[SH](=O)=O.O=S(=O)(O)O. The molecule has 0 saturated carbocycles. The van der Waals surface area contributed by atoms with Crippen molar-refractivity contribution in [3.63, 3.8) is 0 Å². The van der Waals surface area contributed by atoms with Crippen LogP contribution in [0.25, 0.3) is 0 Å². The lowest BCUT2D eigenvalue weighted by Gasteiger charge is -1.72. The van der Waals surface area contributed by atoms with Crippen LogP contribution in [0, 0.1) is 0 Å². The average molecular weight is 206 g/mol. The Bertz CT molecular complexity index is 266. The van der Waals surface area contributed by atoms with Crippen molar-refractivity contribution in [1.29, 1.82) is 0 Å². The number of aliphatic hydroxyl groups excluding tert-OH is 1. The summed E-state index contributed by atoms with van der Waals surface area (Å²) in [6, 6.07) is 0. The summed E-state index contributed by atoms with van der Waals surface area (Å²) in [5.41, 5.74) is 0. The summed E-state index contributed by atoms with van der Waals surface area (Å²) >= 11 is 0. The number of hydrogen-bond acceptors (Lipinski definition) is 5. The molecule has 68 valence electrons. The minimum absolute atomic E-state index is 0.787. The Balaban J connectivity index is 0. The average Bonchev–Trinajstić information content (AvgIpc) is 1.59. The number of thiol groups is 1. The highest BCUT2D eigenvalue weighted by atomic mass is 32.3. The topological polar surface area (TPSA) is 129 Å². The zero-order valence-corrected chi connectivity index (χ0v) is 6.75. The number of hydrogen-bond donors (Lipinski definition) is 4. The second-order valence-electron chi connectivity index (χ2n) is 1.12. The van der Waals surface area contributed by atoms with Gasteiger partial charge in [-0.15, -0.1) is 0 Å². The molecule has 7 nitrogen and oxygen atoms in total. The van der Waals surface area contributed by atoms with Crippen molar-refractivity contribution < 1.29 is 31.0 Å². The first-order valence-electron chi connectivity index (χ1n) is 1.86. The predicted octanol–water partition coefficient (Wildman–Crippen LogP) is -1.03. The van der Waals surface area contributed by atoms with Gasteiger partial charge in [0.25, 0.3) is 0 Å². The van der Waals surface area contributed by atoms with Crippen LogP contribution in [-0.2, 0) is 21.1 Å².